The Morgan fingerprint density at radius 3 is 2.49 bits per heavy atom. The van der Waals surface area contributed by atoms with Gasteiger partial charge in [0.15, 0.2) is 5.82 Å². The van der Waals surface area contributed by atoms with Gasteiger partial charge in [-0.25, -0.2) is 27.2 Å². The van der Waals surface area contributed by atoms with Crippen molar-refractivity contribution in [3.05, 3.63) is 66.6 Å². The van der Waals surface area contributed by atoms with E-state index < -0.39 is 27.3 Å². The van der Waals surface area contributed by atoms with E-state index in [2.05, 4.69) is 44.0 Å². The topological polar surface area (TPSA) is 126 Å². The van der Waals surface area contributed by atoms with E-state index in [-0.39, 0.29) is 27.8 Å². The normalized spacial score (nSPS) is 17.9. The number of nitrogens with zero attached hydrogens (tertiary/aromatic N) is 4. The van der Waals surface area contributed by atoms with Crippen molar-refractivity contribution in [1.82, 2.24) is 19.9 Å². The fourth-order valence-electron chi connectivity index (χ4n) is 4.86. The Bertz CT molecular complexity index is 1620. The minimum atomic E-state index is -4.21. The maximum absolute atomic E-state index is 15.5. The van der Waals surface area contributed by atoms with Crippen LogP contribution in [-0.2, 0) is 10.0 Å². The van der Waals surface area contributed by atoms with Gasteiger partial charge in [0.1, 0.15) is 10.7 Å². The zero-order chi connectivity index (χ0) is 27.7. The molecule has 1 aliphatic carbocycles. The van der Waals surface area contributed by atoms with E-state index in [1.165, 1.54) is 12.3 Å². The third-order valence-electron chi connectivity index (χ3n) is 7.01. The Morgan fingerprint density at radius 1 is 1.00 bits per heavy atom. The summed E-state index contributed by atoms with van der Waals surface area (Å²) in [4.78, 5) is 14.8. The van der Waals surface area contributed by atoms with Crippen LogP contribution in [0.5, 0.6) is 0 Å². The second-order valence-corrected chi connectivity index (χ2v) is 11.6. The Hall–Kier alpha value is -3.90. The minimum absolute atomic E-state index is 0.131. The summed E-state index contributed by atoms with van der Waals surface area (Å²) in [5.41, 5.74) is 5.80. The zero-order valence-electron chi connectivity index (χ0n) is 21.5. The molecule has 1 fully saturated rings. The molecule has 1 aliphatic rings. The lowest BCUT2D eigenvalue weighted by atomic mass is 9.91. The molecule has 2 heterocycles. The van der Waals surface area contributed by atoms with Gasteiger partial charge < -0.3 is 16.0 Å². The number of aromatic nitrogens is 3. The fourth-order valence-corrected chi connectivity index (χ4v) is 5.92. The number of hydrogen-bond donors (Lipinski definition) is 3. The van der Waals surface area contributed by atoms with Gasteiger partial charge in [-0.3, -0.25) is 9.71 Å². The Balaban J connectivity index is 1.38. The predicted octanol–water partition coefficient (Wildman–Crippen LogP) is 4.64. The number of nitrogens with two attached hydrogens (primary N) is 1. The van der Waals surface area contributed by atoms with Crippen LogP contribution in [0, 0.1) is 11.6 Å². The zero-order valence-corrected chi connectivity index (χ0v) is 22.3. The molecule has 4 aromatic rings. The summed E-state index contributed by atoms with van der Waals surface area (Å²) in [6, 6.07) is 8.88. The van der Waals surface area contributed by atoms with Gasteiger partial charge in [-0.1, -0.05) is 6.07 Å². The summed E-state index contributed by atoms with van der Waals surface area (Å²) in [5, 5.41) is 3.99. The van der Waals surface area contributed by atoms with Gasteiger partial charge in [-0.05, 0) is 75.7 Å². The molecule has 0 spiro atoms. The number of halogens is 2. The number of sulfonamides is 1. The van der Waals surface area contributed by atoms with Crippen LogP contribution < -0.4 is 15.8 Å². The van der Waals surface area contributed by atoms with Crippen molar-refractivity contribution >= 4 is 38.2 Å². The van der Waals surface area contributed by atoms with E-state index in [1.807, 2.05) is 0 Å². The summed E-state index contributed by atoms with van der Waals surface area (Å²) in [7, 11) is -0.0102. The standard InChI is InChI=1S/C27H29F2N7O2S/c1-36(2)20-6-4-19(5-7-20)33-27-32-13-17-11-16(3-9-23(17)34-27)25-22(28)8-10-24(26(25)29)35-39(37,38)21-12-18(30)14-31-15-21/h3,8-15,19-20,35H,4-7,30H2,1-2H3,(H,32,33,34). The highest BCUT2D eigenvalue weighted by atomic mass is 32.2. The maximum atomic E-state index is 15.5. The Kier molecular flexibility index (Phi) is 7.32. The molecule has 5 rings (SSSR count). The Morgan fingerprint density at radius 2 is 1.77 bits per heavy atom. The first kappa shape index (κ1) is 26.7. The highest BCUT2D eigenvalue weighted by Gasteiger charge is 2.24. The van der Waals surface area contributed by atoms with Crippen LogP contribution in [0.25, 0.3) is 22.0 Å². The van der Waals surface area contributed by atoms with Crippen molar-refractivity contribution in [2.45, 2.75) is 42.7 Å². The van der Waals surface area contributed by atoms with Gasteiger partial charge in [0.2, 0.25) is 5.95 Å². The summed E-state index contributed by atoms with van der Waals surface area (Å²) < 4.78 is 58.0. The molecule has 9 nitrogen and oxygen atoms in total. The van der Waals surface area contributed by atoms with Gasteiger partial charge in [0, 0.05) is 36.1 Å². The number of pyridine rings is 1. The second-order valence-electron chi connectivity index (χ2n) is 9.92. The van der Waals surface area contributed by atoms with Gasteiger partial charge in [0.05, 0.1) is 22.5 Å². The molecule has 0 bridgehead atoms. The number of benzene rings is 2. The quantitative estimate of drug-likeness (QED) is 0.302. The molecule has 0 unspecified atom stereocenters. The molecule has 0 radical (unpaired) electrons. The van der Waals surface area contributed by atoms with Gasteiger partial charge in [-0.15, -0.1) is 0 Å². The first-order valence-electron chi connectivity index (χ1n) is 12.5. The summed E-state index contributed by atoms with van der Waals surface area (Å²) in [5.74, 6) is -1.39. The van der Waals surface area contributed by atoms with E-state index in [1.54, 1.807) is 24.4 Å². The molecule has 0 amide bonds. The lowest BCUT2D eigenvalue weighted by Gasteiger charge is -2.32. The molecule has 12 heteroatoms. The predicted molar refractivity (Wildman–Crippen MR) is 148 cm³/mol. The highest BCUT2D eigenvalue weighted by molar-refractivity contribution is 7.92. The minimum Gasteiger partial charge on any atom is -0.397 e. The van der Waals surface area contributed by atoms with Crippen molar-refractivity contribution in [1.29, 1.82) is 0 Å². The van der Waals surface area contributed by atoms with Crippen LogP contribution in [0.2, 0.25) is 0 Å². The largest absolute Gasteiger partial charge is 0.397 e. The number of anilines is 3. The van der Waals surface area contributed by atoms with Crippen LogP contribution >= 0.6 is 0 Å². The van der Waals surface area contributed by atoms with Gasteiger partial charge >= 0.3 is 0 Å². The van der Waals surface area contributed by atoms with Crippen molar-refractivity contribution in [3.63, 3.8) is 0 Å². The molecule has 204 valence electrons. The van der Waals surface area contributed by atoms with E-state index in [0.29, 0.717) is 22.9 Å². The lowest BCUT2D eigenvalue weighted by molar-refractivity contribution is 0.221. The second kappa shape index (κ2) is 10.7. The van der Waals surface area contributed by atoms with Crippen LogP contribution in [0.3, 0.4) is 0 Å². The van der Waals surface area contributed by atoms with E-state index in [4.69, 9.17) is 5.73 Å². The van der Waals surface area contributed by atoms with Crippen LogP contribution in [0.15, 0.2) is 59.9 Å². The third kappa shape index (κ3) is 5.76. The fraction of sp³-hybridized carbons (Fsp3) is 0.296. The van der Waals surface area contributed by atoms with Crippen LogP contribution in [0.4, 0.5) is 26.1 Å². The number of hydrogen-bond acceptors (Lipinski definition) is 8. The SMILES string of the molecule is CN(C)C1CCC(Nc2ncc3cc(-c4c(F)ccc(NS(=O)(=O)c5cncc(N)c5)c4F)ccc3n2)CC1. The van der Waals surface area contributed by atoms with Crippen molar-refractivity contribution in [2.75, 3.05) is 29.9 Å². The number of nitrogens with one attached hydrogen (secondary N) is 2. The third-order valence-corrected chi connectivity index (χ3v) is 8.34. The number of nitrogen functional groups attached to an aromatic ring is 1. The molecular weight excluding hydrogens is 524 g/mol. The highest BCUT2D eigenvalue weighted by Crippen LogP contribution is 2.33. The molecule has 0 saturated heterocycles. The lowest BCUT2D eigenvalue weighted by Crippen LogP contribution is -2.36. The monoisotopic (exact) mass is 553 g/mol. The van der Waals surface area contributed by atoms with E-state index in [0.717, 1.165) is 44.0 Å². The van der Waals surface area contributed by atoms with Crippen LogP contribution in [-0.4, -0.2) is 54.4 Å². The van der Waals surface area contributed by atoms with Crippen molar-refractivity contribution < 1.29 is 17.2 Å². The molecule has 39 heavy (non-hydrogen) atoms. The molecule has 0 atom stereocenters. The molecule has 2 aromatic carbocycles. The molecule has 2 aromatic heterocycles. The average molecular weight is 554 g/mol. The first-order chi connectivity index (χ1) is 18.6. The van der Waals surface area contributed by atoms with Gasteiger partial charge in [-0.2, -0.15) is 0 Å². The van der Waals surface area contributed by atoms with E-state index in [9.17, 15) is 12.8 Å². The summed E-state index contributed by atoms with van der Waals surface area (Å²) >= 11 is 0. The summed E-state index contributed by atoms with van der Waals surface area (Å²) in [6.07, 6.45) is 8.23. The first-order valence-corrected chi connectivity index (χ1v) is 14.0. The Labute approximate surface area is 225 Å². The number of fused-ring (bicyclic) bond motifs is 1. The average Bonchev–Trinajstić information content (AvgIpc) is 2.91. The van der Waals surface area contributed by atoms with E-state index >= 15 is 4.39 Å². The molecule has 1 saturated carbocycles. The molecular formula is C27H29F2N7O2S. The molecule has 4 N–H and O–H groups in total. The summed E-state index contributed by atoms with van der Waals surface area (Å²) in [6.45, 7) is 0. The van der Waals surface area contributed by atoms with Gasteiger partial charge in [0.25, 0.3) is 10.0 Å². The van der Waals surface area contributed by atoms with Crippen molar-refractivity contribution in [3.8, 4) is 11.1 Å². The van der Waals surface area contributed by atoms with Crippen LogP contribution in [0.1, 0.15) is 25.7 Å². The van der Waals surface area contributed by atoms with Crippen molar-refractivity contribution in [2.24, 2.45) is 0 Å². The maximum Gasteiger partial charge on any atom is 0.263 e. The number of rotatable bonds is 7. The molecule has 0 aliphatic heterocycles. The smallest absolute Gasteiger partial charge is 0.263 e.